The molecule has 3 aromatic heterocycles. The molecule has 0 fully saturated rings. The zero-order chi connectivity index (χ0) is 22.9. The summed E-state index contributed by atoms with van der Waals surface area (Å²) in [5, 5.41) is 3.82. The molecule has 0 unspecified atom stereocenters. The molecule has 2 aromatic carbocycles. The average molecular weight is 438 g/mol. The molecule has 8 heteroatoms. The number of rotatable bonds is 4. The minimum Gasteiger partial charge on any atom is -0.384 e. The van der Waals surface area contributed by atoms with E-state index in [4.69, 9.17) is 5.73 Å². The Kier molecular flexibility index (Phi) is 5.02. The molecule has 3 heterocycles. The summed E-state index contributed by atoms with van der Waals surface area (Å²) >= 11 is 0. The van der Waals surface area contributed by atoms with Gasteiger partial charge < -0.3 is 15.6 Å². The second kappa shape index (κ2) is 8.16. The van der Waals surface area contributed by atoms with Crippen LogP contribution in [0.3, 0.4) is 0 Å². The Bertz CT molecular complexity index is 1490. The first kappa shape index (κ1) is 20.3. The molecule has 0 aliphatic rings. The SMILES string of the molecule is Cc1ccc(NC(=O)c2ccc(F)cc2)cc1-c1cc2c(ccn2-c2cc(N)ncn2)cn1. The molecule has 162 valence electrons. The zero-order valence-electron chi connectivity index (χ0n) is 17.7. The molecule has 7 nitrogen and oxygen atoms in total. The lowest BCUT2D eigenvalue weighted by Gasteiger charge is -2.11. The molecule has 5 aromatic rings. The van der Waals surface area contributed by atoms with Crippen molar-refractivity contribution >= 4 is 28.3 Å². The number of nitrogens with one attached hydrogen (secondary N) is 1. The first-order valence-corrected chi connectivity index (χ1v) is 10.2. The number of fused-ring (bicyclic) bond motifs is 1. The van der Waals surface area contributed by atoms with Crippen molar-refractivity contribution in [2.45, 2.75) is 6.92 Å². The molecule has 1 amide bonds. The Balaban J connectivity index is 1.51. The van der Waals surface area contributed by atoms with Gasteiger partial charge in [0.15, 0.2) is 0 Å². The van der Waals surface area contributed by atoms with E-state index in [1.54, 1.807) is 12.3 Å². The lowest BCUT2D eigenvalue weighted by molar-refractivity contribution is 0.102. The third kappa shape index (κ3) is 4.01. The van der Waals surface area contributed by atoms with Crippen molar-refractivity contribution in [1.82, 2.24) is 19.5 Å². The molecule has 0 aliphatic heterocycles. The van der Waals surface area contributed by atoms with Crippen LogP contribution in [0.1, 0.15) is 15.9 Å². The van der Waals surface area contributed by atoms with E-state index in [-0.39, 0.29) is 11.7 Å². The Hall–Kier alpha value is -4.59. The van der Waals surface area contributed by atoms with Crippen molar-refractivity contribution in [3.05, 3.63) is 96.3 Å². The molecule has 0 aliphatic carbocycles. The summed E-state index contributed by atoms with van der Waals surface area (Å²) in [5.41, 5.74) is 10.4. The minimum absolute atomic E-state index is 0.316. The summed E-state index contributed by atoms with van der Waals surface area (Å²) in [6.45, 7) is 1.98. The van der Waals surface area contributed by atoms with Crippen LogP contribution in [0, 0.1) is 12.7 Å². The van der Waals surface area contributed by atoms with Crippen molar-refractivity contribution in [2.75, 3.05) is 11.1 Å². The number of carbonyl (C=O) groups excluding carboxylic acids is 1. The fourth-order valence-corrected chi connectivity index (χ4v) is 3.65. The number of hydrogen-bond donors (Lipinski definition) is 2. The maximum absolute atomic E-state index is 13.2. The first-order valence-electron chi connectivity index (χ1n) is 10.2. The summed E-state index contributed by atoms with van der Waals surface area (Å²) in [4.78, 5) is 25.4. The predicted molar refractivity (Wildman–Crippen MR) is 126 cm³/mol. The molecule has 0 radical (unpaired) electrons. The Morgan fingerprint density at radius 1 is 1.00 bits per heavy atom. The van der Waals surface area contributed by atoms with Crippen molar-refractivity contribution in [1.29, 1.82) is 0 Å². The zero-order valence-corrected chi connectivity index (χ0v) is 17.7. The molecule has 5 rings (SSSR count). The highest BCUT2D eigenvalue weighted by Gasteiger charge is 2.12. The normalized spacial score (nSPS) is 11.0. The van der Waals surface area contributed by atoms with E-state index in [9.17, 15) is 9.18 Å². The summed E-state index contributed by atoms with van der Waals surface area (Å²) in [5.74, 6) is 0.340. The van der Waals surface area contributed by atoms with Crippen LogP contribution in [0.5, 0.6) is 0 Å². The number of aromatic nitrogens is 4. The lowest BCUT2D eigenvalue weighted by atomic mass is 10.0. The van der Waals surface area contributed by atoms with Crippen LogP contribution < -0.4 is 11.1 Å². The van der Waals surface area contributed by atoms with Crippen LogP contribution in [0.15, 0.2) is 79.4 Å². The van der Waals surface area contributed by atoms with E-state index in [1.165, 1.54) is 30.6 Å². The largest absolute Gasteiger partial charge is 0.384 e. The number of benzene rings is 2. The van der Waals surface area contributed by atoms with Gasteiger partial charge in [0.1, 0.15) is 23.8 Å². The maximum atomic E-state index is 13.2. The van der Waals surface area contributed by atoms with Crippen molar-refractivity contribution in [3.8, 4) is 17.1 Å². The molecular formula is C25H19FN6O. The predicted octanol–water partition coefficient (Wildman–Crippen LogP) is 4.76. The second-order valence-corrected chi connectivity index (χ2v) is 7.61. The van der Waals surface area contributed by atoms with Crippen LogP contribution in [-0.4, -0.2) is 25.4 Å². The van der Waals surface area contributed by atoms with Gasteiger partial charge in [-0.15, -0.1) is 0 Å². The van der Waals surface area contributed by atoms with Crippen LogP contribution in [0.2, 0.25) is 0 Å². The summed E-state index contributed by atoms with van der Waals surface area (Å²) in [7, 11) is 0. The standard InChI is InChI=1S/C25H19FN6O/c1-15-2-7-19(31-25(33)16-3-5-18(26)6-4-16)10-20(15)21-11-22-17(13-28-21)8-9-32(22)24-12-23(27)29-14-30-24/h2-14H,1H3,(H,31,33)(H2,27,29,30). The van der Waals surface area contributed by atoms with Gasteiger partial charge in [0.25, 0.3) is 5.91 Å². The quantitative estimate of drug-likeness (QED) is 0.421. The highest BCUT2D eigenvalue weighted by molar-refractivity contribution is 6.04. The van der Waals surface area contributed by atoms with E-state index >= 15 is 0 Å². The smallest absolute Gasteiger partial charge is 0.255 e. The number of nitrogens with two attached hydrogens (primary N) is 1. The lowest BCUT2D eigenvalue weighted by Crippen LogP contribution is -2.12. The number of halogens is 1. The van der Waals surface area contributed by atoms with E-state index in [0.717, 1.165) is 27.7 Å². The first-order chi connectivity index (χ1) is 16.0. The van der Waals surface area contributed by atoms with Crippen LogP contribution in [0.25, 0.3) is 28.0 Å². The summed E-state index contributed by atoms with van der Waals surface area (Å²) in [6.07, 6.45) is 5.13. The van der Waals surface area contributed by atoms with Crippen LogP contribution >= 0.6 is 0 Å². The van der Waals surface area contributed by atoms with Gasteiger partial charge in [-0.25, -0.2) is 14.4 Å². The van der Waals surface area contributed by atoms with Gasteiger partial charge in [-0.1, -0.05) is 6.07 Å². The molecule has 0 saturated carbocycles. The molecule has 0 spiro atoms. The van der Waals surface area contributed by atoms with Gasteiger partial charge >= 0.3 is 0 Å². The summed E-state index contributed by atoms with van der Waals surface area (Å²) in [6, 6.07) is 16.7. The third-order valence-corrected chi connectivity index (χ3v) is 5.37. The van der Waals surface area contributed by atoms with Crippen molar-refractivity contribution < 1.29 is 9.18 Å². The highest BCUT2D eigenvalue weighted by Crippen LogP contribution is 2.29. The summed E-state index contributed by atoms with van der Waals surface area (Å²) < 4.78 is 15.1. The van der Waals surface area contributed by atoms with Crippen molar-refractivity contribution in [2.24, 2.45) is 0 Å². The van der Waals surface area contributed by atoms with E-state index in [1.807, 2.05) is 48.0 Å². The van der Waals surface area contributed by atoms with Crippen LogP contribution in [0.4, 0.5) is 15.9 Å². The number of hydrogen-bond acceptors (Lipinski definition) is 5. The molecule has 0 bridgehead atoms. The van der Waals surface area contributed by atoms with Crippen LogP contribution in [-0.2, 0) is 0 Å². The van der Waals surface area contributed by atoms with Crippen molar-refractivity contribution in [3.63, 3.8) is 0 Å². The topological polar surface area (TPSA) is 98.7 Å². The molecule has 33 heavy (non-hydrogen) atoms. The molecular weight excluding hydrogens is 419 g/mol. The number of carbonyl (C=O) groups is 1. The van der Waals surface area contributed by atoms with Gasteiger partial charge in [-0.05, 0) is 61.0 Å². The van der Waals surface area contributed by atoms with E-state index in [2.05, 4.69) is 20.3 Å². The molecule has 0 atom stereocenters. The molecule has 0 saturated heterocycles. The van der Waals surface area contributed by atoms with E-state index in [0.29, 0.717) is 22.9 Å². The van der Waals surface area contributed by atoms with E-state index < -0.39 is 0 Å². The van der Waals surface area contributed by atoms with Gasteiger partial charge in [-0.3, -0.25) is 9.78 Å². The maximum Gasteiger partial charge on any atom is 0.255 e. The number of aryl methyl sites for hydroxylation is 1. The number of anilines is 2. The average Bonchev–Trinajstić information content (AvgIpc) is 3.24. The second-order valence-electron chi connectivity index (χ2n) is 7.61. The molecule has 3 N–H and O–H groups in total. The minimum atomic E-state index is -0.389. The highest BCUT2D eigenvalue weighted by atomic mass is 19.1. The Morgan fingerprint density at radius 2 is 1.82 bits per heavy atom. The Morgan fingerprint density at radius 3 is 2.61 bits per heavy atom. The fraction of sp³-hybridized carbons (Fsp3) is 0.0400. The Labute approximate surface area is 188 Å². The monoisotopic (exact) mass is 438 g/mol. The number of amides is 1. The number of nitrogen functional groups attached to an aromatic ring is 1. The van der Waals surface area contributed by atoms with Gasteiger partial charge in [0.05, 0.1) is 11.2 Å². The number of pyridine rings is 1. The van der Waals surface area contributed by atoms with Gasteiger partial charge in [0.2, 0.25) is 0 Å². The van der Waals surface area contributed by atoms with Gasteiger partial charge in [0, 0.05) is 40.7 Å². The number of nitrogens with zero attached hydrogens (tertiary/aromatic N) is 4. The fourth-order valence-electron chi connectivity index (χ4n) is 3.65. The third-order valence-electron chi connectivity index (χ3n) is 5.37. The van der Waals surface area contributed by atoms with Gasteiger partial charge in [-0.2, -0.15) is 0 Å².